The number of halogens is 4. The zero-order chi connectivity index (χ0) is 20.2. The summed E-state index contributed by atoms with van der Waals surface area (Å²) in [4.78, 5) is 17.4. The molecule has 27 heavy (non-hydrogen) atoms. The van der Waals surface area contributed by atoms with Gasteiger partial charge in [0, 0.05) is 19.3 Å². The normalized spacial score (nSPS) is 18.3. The average Bonchev–Trinajstić information content (AvgIpc) is 2.61. The van der Waals surface area contributed by atoms with Crippen LogP contribution in [0.5, 0.6) is 0 Å². The summed E-state index contributed by atoms with van der Waals surface area (Å²) in [7, 11) is 2.04. The second-order valence-corrected chi connectivity index (χ2v) is 7.50. The minimum atomic E-state index is -4.50. The first-order chi connectivity index (χ1) is 12.6. The van der Waals surface area contributed by atoms with E-state index >= 15 is 0 Å². The van der Waals surface area contributed by atoms with Crippen molar-refractivity contribution < 1.29 is 23.1 Å². The number of carbonyl (C=O) groups is 1. The van der Waals surface area contributed by atoms with Gasteiger partial charge in [-0.25, -0.2) is 4.98 Å². The third-order valence-corrected chi connectivity index (χ3v) is 5.54. The van der Waals surface area contributed by atoms with Gasteiger partial charge < -0.3 is 15.7 Å². The van der Waals surface area contributed by atoms with E-state index in [-0.39, 0.29) is 16.8 Å². The number of hydrogen-bond acceptors (Lipinski definition) is 4. The van der Waals surface area contributed by atoms with Gasteiger partial charge >= 0.3 is 12.1 Å². The highest BCUT2D eigenvalue weighted by molar-refractivity contribution is 6.33. The first-order valence-electron chi connectivity index (χ1n) is 9.09. The van der Waals surface area contributed by atoms with E-state index in [1.54, 1.807) is 4.90 Å². The molecule has 0 spiro atoms. The maximum atomic E-state index is 12.7. The fourth-order valence-electron chi connectivity index (χ4n) is 3.58. The molecule has 1 saturated heterocycles. The van der Waals surface area contributed by atoms with Gasteiger partial charge in [-0.3, -0.25) is 4.79 Å². The summed E-state index contributed by atoms with van der Waals surface area (Å²) < 4.78 is 38.2. The Labute approximate surface area is 162 Å². The number of carboxylic acid groups (broad SMARTS) is 1. The number of hydrogen-bond donors (Lipinski definition) is 2. The van der Waals surface area contributed by atoms with Crippen LogP contribution in [0.25, 0.3) is 0 Å². The number of piperidine rings is 1. The van der Waals surface area contributed by atoms with E-state index in [2.05, 4.69) is 4.98 Å². The van der Waals surface area contributed by atoms with Crippen molar-refractivity contribution in [2.24, 2.45) is 11.7 Å². The molecule has 2 heterocycles. The van der Waals surface area contributed by atoms with Crippen molar-refractivity contribution in [3.63, 3.8) is 0 Å². The molecule has 1 atom stereocenters. The monoisotopic (exact) mass is 405 g/mol. The van der Waals surface area contributed by atoms with Crippen molar-refractivity contribution in [1.29, 1.82) is 0 Å². The smallest absolute Gasteiger partial charge is 0.417 e. The number of anilines is 1. The van der Waals surface area contributed by atoms with Crippen LogP contribution in [0.15, 0.2) is 12.3 Å². The molecule has 0 saturated carbocycles. The van der Waals surface area contributed by atoms with E-state index < -0.39 is 23.2 Å². The van der Waals surface area contributed by atoms with Crippen molar-refractivity contribution in [3.8, 4) is 0 Å². The van der Waals surface area contributed by atoms with Crippen molar-refractivity contribution in [2.45, 2.75) is 50.1 Å². The van der Waals surface area contributed by atoms with Gasteiger partial charge in [0.15, 0.2) is 0 Å². The zero-order valence-corrected chi connectivity index (χ0v) is 16.0. The van der Waals surface area contributed by atoms with Crippen LogP contribution in [0.3, 0.4) is 0 Å². The van der Waals surface area contributed by atoms with Crippen molar-refractivity contribution in [3.05, 3.63) is 22.8 Å². The summed E-state index contributed by atoms with van der Waals surface area (Å²) >= 11 is 6.01. The van der Waals surface area contributed by atoms with Crippen molar-refractivity contribution in [2.75, 3.05) is 18.0 Å². The summed E-state index contributed by atoms with van der Waals surface area (Å²) in [5.74, 6) is -0.911. The molecule has 1 fully saturated rings. The Morgan fingerprint density at radius 2 is 2.00 bits per heavy atom. The van der Waals surface area contributed by atoms with Gasteiger partial charge in [0.05, 0.1) is 10.6 Å². The van der Waals surface area contributed by atoms with E-state index in [0.717, 1.165) is 31.4 Å². The Bertz CT molecular complexity index is 669. The number of rotatable bonds is 7. The number of alkyl halides is 3. The number of carboxylic acids is 1. The molecule has 10 heteroatoms. The van der Waals surface area contributed by atoms with Gasteiger partial charge in [0.25, 0.3) is 0 Å². The third-order valence-electron chi connectivity index (χ3n) is 5.26. The lowest BCUT2D eigenvalue weighted by molar-refractivity contribution is -0.146. The van der Waals surface area contributed by atoms with Crippen LogP contribution in [-0.2, 0) is 11.0 Å². The van der Waals surface area contributed by atoms with Gasteiger partial charge in [0.1, 0.15) is 19.2 Å². The quantitative estimate of drug-likeness (QED) is 0.538. The van der Waals surface area contributed by atoms with Crippen LogP contribution in [0, 0.1) is 5.92 Å². The summed E-state index contributed by atoms with van der Waals surface area (Å²) in [5, 5.41) is 9.57. The molecule has 0 bridgehead atoms. The Kier molecular flexibility index (Phi) is 7.02. The minimum absolute atomic E-state index is 0.0662. The van der Waals surface area contributed by atoms with Crippen molar-refractivity contribution >= 4 is 31.2 Å². The molecule has 0 aliphatic carbocycles. The highest BCUT2D eigenvalue weighted by atomic mass is 35.5. The van der Waals surface area contributed by atoms with Crippen LogP contribution in [0.4, 0.5) is 19.0 Å². The predicted molar refractivity (Wildman–Crippen MR) is 101 cm³/mol. The SMILES string of the molecule is BCCCCC(N)(C(=O)O)C1CCN(c2ncc(C(F)(F)F)cc2Cl)CC1. The fourth-order valence-corrected chi connectivity index (χ4v) is 3.86. The molecule has 1 aromatic heterocycles. The second kappa shape index (κ2) is 8.69. The Hall–Kier alpha value is -1.48. The van der Waals surface area contributed by atoms with Crippen LogP contribution in [0.1, 0.15) is 37.7 Å². The fraction of sp³-hybridized carbons (Fsp3) is 0.647. The third kappa shape index (κ3) is 5.07. The van der Waals surface area contributed by atoms with Gasteiger partial charge in [0.2, 0.25) is 0 Å². The molecular weight excluding hydrogens is 381 g/mol. The molecule has 1 aliphatic rings. The highest BCUT2D eigenvalue weighted by Gasteiger charge is 2.43. The second-order valence-electron chi connectivity index (χ2n) is 7.09. The molecule has 0 aromatic carbocycles. The van der Waals surface area contributed by atoms with Gasteiger partial charge in [-0.05, 0) is 31.2 Å². The van der Waals surface area contributed by atoms with E-state index in [1.165, 1.54) is 0 Å². The molecule has 1 aromatic rings. The summed E-state index contributed by atoms with van der Waals surface area (Å²) in [6.07, 6.45) is 0.389. The Morgan fingerprint density at radius 3 is 2.48 bits per heavy atom. The largest absolute Gasteiger partial charge is 0.480 e. The van der Waals surface area contributed by atoms with Crippen LogP contribution < -0.4 is 10.6 Å². The molecule has 1 aliphatic heterocycles. The highest BCUT2D eigenvalue weighted by Crippen LogP contribution is 2.36. The lowest BCUT2D eigenvalue weighted by Gasteiger charge is -2.40. The van der Waals surface area contributed by atoms with Gasteiger partial charge in [-0.1, -0.05) is 30.8 Å². The van der Waals surface area contributed by atoms with Crippen LogP contribution in [0.2, 0.25) is 11.3 Å². The van der Waals surface area contributed by atoms with Gasteiger partial charge in [-0.2, -0.15) is 13.2 Å². The van der Waals surface area contributed by atoms with E-state index in [1.807, 2.05) is 7.85 Å². The Morgan fingerprint density at radius 1 is 1.37 bits per heavy atom. The number of nitrogens with zero attached hydrogens (tertiary/aromatic N) is 2. The van der Waals surface area contributed by atoms with E-state index in [0.29, 0.717) is 32.4 Å². The zero-order valence-electron chi connectivity index (χ0n) is 15.2. The Balaban J connectivity index is 2.07. The molecule has 150 valence electrons. The number of aromatic nitrogens is 1. The van der Waals surface area contributed by atoms with Crippen molar-refractivity contribution in [1.82, 2.24) is 4.98 Å². The summed E-state index contributed by atoms with van der Waals surface area (Å²) in [5.41, 5.74) is 4.08. The average molecular weight is 406 g/mol. The topological polar surface area (TPSA) is 79.5 Å². The maximum absolute atomic E-state index is 12.7. The number of aliphatic carboxylic acids is 1. The first kappa shape index (κ1) is 21.8. The molecule has 0 amide bonds. The molecule has 5 nitrogen and oxygen atoms in total. The summed E-state index contributed by atoms with van der Waals surface area (Å²) in [6, 6.07) is 0.866. The molecule has 3 N–H and O–H groups in total. The summed E-state index contributed by atoms with van der Waals surface area (Å²) in [6.45, 7) is 0.894. The molecule has 0 radical (unpaired) electrons. The minimum Gasteiger partial charge on any atom is -0.480 e. The number of nitrogens with two attached hydrogens (primary N) is 1. The van der Waals surface area contributed by atoms with Gasteiger partial charge in [-0.15, -0.1) is 0 Å². The van der Waals surface area contributed by atoms with E-state index in [9.17, 15) is 23.1 Å². The lowest BCUT2D eigenvalue weighted by Crippen LogP contribution is -2.57. The number of unbranched alkanes of at least 4 members (excludes halogenated alkanes) is 1. The van der Waals surface area contributed by atoms with E-state index in [4.69, 9.17) is 17.3 Å². The van der Waals surface area contributed by atoms with Crippen LogP contribution >= 0.6 is 11.6 Å². The molecule has 1 unspecified atom stereocenters. The number of pyridine rings is 1. The lowest BCUT2D eigenvalue weighted by atomic mass is 9.75. The maximum Gasteiger partial charge on any atom is 0.417 e. The predicted octanol–water partition coefficient (Wildman–Crippen LogP) is 2.97. The van der Waals surface area contributed by atoms with Crippen LogP contribution in [-0.4, -0.2) is 42.5 Å². The first-order valence-corrected chi connectivity index (χ1v) is 9.47. The molecule has 2 rings (SSSR count). The molecular formula is C17H24BClF3N3O2. The standard InChI is InChI=1S/C17H24BClF3N3O2/c18-6-2-1-5-16(23,15(26)27)11-3-7-25(8-4-11)14-13(19)9-12(10-24-14)17(20,21)22/h9-11H,1-8,18,23H2,(H,26,27).